The van der Waals surface area contributed by atoms with Crippen molar-refractivity contribution < 1.29 is 4.79 Å². The lowest BCUT2D eigenvalue weighted by atomic mass is 9.98. The highest BCUT2D eigenvalue weighted by Crippen LogP contribution is 2.26. The number of hydrogen-bond donors (Lipinski definition) is 3. The zero-order valence-corrected chi connectivity index (χ0v) is 19.7. The Hall–Kier alpha value is -2.16. The molecule has 3 N–H and O–H groups in total. The first-order chi connectivity index (χ1) is 14.1. The van der Waals surface area contributed by atoms with E-state index in [-0.39, 0.29) is 42.7 Å². The fraction of sp³-hybridized carbons (Fsp3) is 0.524. The van der Waals surface area contributed by atoms with Gasteiger partial charge in [-0.3, -0.25) is 4.79 Å². The average molecular weight is 468 g/mol. The fourth-order valence-corrected chi connectivity index (χ4v) is 3.99. The summed E-state index contributed by atoms with van der Waals surface area (Å²) in [4.78, 5) is 21.2. The molecule has 1 aromatic carbocycles. The monoisotopic (exact) mass is 467 g/mol. The van der Waals surface area contributed by atoms with Gasteiger partial charge < -0.3 is 15.6 Å². The van der Waals surface area contributed by atoms with Crippen molar-refractivity contribution in [2.45, 2.75) is 52.1 Å². The normalized spacial score (nSPS) is 16.2. The highest BCUT2D eigenvalue weighted by atomic mass is 35.5. The van der Waals surface area contributed by atoms with Crippen LogP contribution in [0.5, 0.6) is 0 Å². The van der Waals surface area contributed by atoms with E-state index >= 15 is 0 Å². The second-order valence-electron chi connectivity index (χ2n) is 7.93. The Morgan fingerprint density at radius 3 is 2.65 bits per heavy atom. The molecule has 0 radical (unpaired) electrons. The maximum Gasteiger partial charge on any atom is 0.274 e. The van der Waals surface area contributed by atoms with E-state index in [4.69, 9.17) is 4.98 Å². The summed E-state index contributed by atoms with van der Waals surface area (Å²) in [6.07, 6.45) is 2.92. The van der Waals surface area contributed by atoms with Gasteiger partial charge in [0.1, 0.15) is 5.82 Å². The zero-order chi connectivity index (χ0) is 20.4. The molecule has 2 unspecified atom stereocenters. The van der Waals surface area contributed by atoms with E-state index < -0.39 is 0 Å². The first-order valence-corrected chi connectivity index (χ1v) is 10.5. The molecule has 0 saturated carbocycles. The van der Waals surface area contributed by atoms with Crippen LogP contribution in [0.25, 0.3) is 11.0 Å². The maximum absolute atomic E-state index is 13.1. The molecule has 1 amide bonds. The van der Waals surface area contributed by atoms with E-state index in [0.29, 0.717) is 11.7 Å². The summed E-state index contributed by atoms with van der Waals surface area (Å²) in [5, 5.41) is 15.0. The minimum atomic E-state index is -0.219. The third-order valence-electron chi connectivity index (χ3n) is 6.00. The molecule has 2 aromatic heterocycles. The number of aromatic nitrogens is 5. The quantitative estimate of drug-likeness (QED) is 0.512. The largest absolute Gasteiger partial charge is 0.340 e. The van der Waals surface area contributed by atoms with Crippen molar-refractivity contribution in [2.75, 3.05) is 13.1 Å². The molecule has 2 atom stereocenters. The van der Waals surface area contributed by atoms with E-state index in [1.807, 2.05) is 35.9 Å². The van der Waals surface area contributed by atoms with Gasteiger partial charge in [-0.2, -0.15) is 0 Å². The van der Waals surface area contributed by atoms with Gasteiger partial charge in [-0.1, -0.05) is 37.6 Å². The second-order valence-corrected chi connectivity index (χ2v) is 7.93. The lowest BCUT2D eigenvalue weighted by Gasteiger charge is -2.24. The topological polar surface area (TPSA) is 101 Å². The number of aromatic amines is 1. The summed E-state index contributed by atoms with van der Waals surface area (Å²) in [6.45, 7) is 8.10. The number of amides is 1. The summed E-state index contributed by atoms with van der Waals surface area (Å²) >= 11 is 0. The molecule has 3 heterocycles. The molecule has 1 saturated heterocycles. The number of carbonyl (C=O) groups is 1. The van der Waals surface area contributed by atoms with Crippen LogP contribution in [0.2, 0.25) is 0 Å². The van der Waals surface area contributed by atoms with Crippen LogP contribution in [0.15, 0.2) is 24.3 Å². The molecule has 3 aromatic rings. The van der Waals surface area contributed by atoms with E-state index in [1.165, 1.54) is 0 Å². The number of H-pyrrole nitrogens is 1. The minimum absolute atomic E-state index is 0. The molecule has 1 fully saturated rings. The number of halogens is 2. The van der Waals surface area contributed by atoms with Crippen molar-refractivity contribution >= 4 is 41.8 Å². The Kier molecular flexibility index (Phi) is 8.85. The minimum Gasteiger partial charge on any atom is -0.340 e. The number of piperidine rings is 1. The smallest absolute Gasteiger partial charge is 0.274 e. The molecule has 1 aliphatic rings. The summed E-state index contributed by atoms with van der Waals surface area (Å²) in [7, 11) is 0. The van der Waals surface area contributed by atoms with Crippen molar-refractivity contribution in [2.24, 2.45) is 5.92 Å². The number of carbonyl (C=O) groups excluding carboxylic acids is 1. The van der Waals surface area contributed by atoms with Gasteiger partial charge in [-0.15, -0.1) is 29.9 Å². The van der Waals surface area contributed by atoms with Crippen molar-refractivity contribution in [3.05, 3.63) is 41.5 Å². The van der Waals surface area contributed by atoms with Gasteiger partial charge in [0.25, 0.3) is 5.91 Å². The molecule has 1 aliphatic heterocycles. The Balaban J connectivity index is 0.00000171. The van der Waals surface area contributed by atoms with Gasteiger partial charge in [0, 0.05) is 0 Å². The SMILES string of the molecule is CCC(C)C(NC(=O)c1nnn(C2CCNCC2)c1C)c1nc2ccccc2[nH]1.Cl.Cl. The van der Waals surface area contributed by atoms with E-state index in [0.717, 1.165) is 54.9 Å². The molecule has 0 bridgehead atoms. The van der Waals surface area contributed by atoms with E-state index in [2.05, 4.69) is 39.8 Å². The number of hydrogen-bond acceptors (Lipinski definition) is 5. The number of para-hydroxylation sites is 2. The number of rotatable bonds is 6. The standard InChI is InChI=1S/C21H29N7O.2ClH/c1-4-13(2)18(20-23-16-7-5-6-8-17(16)24-20)25-21(29)19-14(3)28(27-26-19)15-9-11-22-12-10-15;;/h5-8,13,15,18,22H,4,9-12H2,1-3H3,(H,23,24)(H,25,29);2*1H. The molecule has 4 rings (SSSR count). The zero-order valence-electron chi connectivity index (χ0n) is 18.1. The number of imidazole rings is 1. The molecule has 31 heavy (non-hydrogen) atoms. The molecular formula is C21H31Cl2N7O. The molecular weight excluding hydrogens is 437 g/mol. The van der Waals surface area contributed by atoms with Gasteiger partial charge in [0.15, 0.2) is 5.69 Å². The summed E-state index contributed by atoms with van der Waals surface area (Å²) in [6, 6.07) is 7.99. The lowest BCUT2D eigenvalue weighted by molar-refractivity contribution is 0.0914. The molecule has 8 nitrogen and oxygen atoms in total. The Morgan fingerprint density at radius 1 is 1.26 bits per heavy atom. The van der Waals surface area contributed by atoms with Crippen LogP contribution in [-0.4, -0.2) is 44.0 Å². The first kappa shape index (κ1) is 25.1. The first-order valence-electron chi connectivity index (χ1n) is 10.5. The van der Waals surface area contributed by atoms with Gasteiger partial charge >= 0.3 is 0 Å². The summed E-state index contributed by atoms with van der Waals surface area (Å²) < 4.78 is 1.91. The maximum atomic E-state index is 13.1. The summed E-state index contributed by atoms with van der Waals surface area (Å²) in [5.41, 5.74) is 3.09. The van der Waals surface area contributed by atoms with Gasteiger partial charge in [0.2, 0.25) is 0 Å². The number of nitrogens with one attached hydrogen (secondary N) is 3. The third kappa shape index (κ3) is 5.19. The predicted molar refractivity (Wildman–Crippen MR) is 126 cm³/mol. The molecule has 170 valence electrons. The van der Waals surface area contributed by atoms with Crippen LogP contribution >= 0.6 is 24.8 Å². The van der Waals surface area contributed by atoms with Crippen LogP contribution in [0.3, 0.4) is 0 Å². The van der Waals surface area contributed by atoms with Gasteiger partial charge in [-0.25, -0.2) is 9.67 Å². The summed E-state index contributed by atoms with van der Waals surface area (Å²) in [5.74, 6) is 0.796. The number of fused-ring (bicyclic) bond motifs is 1. The predicted octanol–water partition coefficient (Wildman–Crippen LogP) is 3.75. The Morgan fingerprint density at radius 2 is 1.97 bits per heavy atom. The van der Waals surface area contributed by atoms with Crippen LogP contribution < -0.4 is 10.6 Å². The highest BCUT2D eigenvalue weighted by molar-refractivity contribution is 5.93. The average Bonchev–Trinajstić information content (AvgIpc) is 3.35. The van der Waals surface area contributed by atoms with Crippen LogP contribution in [0.4, 0.5) is 0 Å². The van der Waals surface area contributed by atoms with E-state index in [1.54, 1.807) is 0 Å². The van der Waals surface area contributed by atoms with Gasteiger partial charge in [-0.05, 0) is 50.9 Å². The molecule has 0 spiro atoms. The van der Waals surface area contributed by atoms with Crippen LogP contribution in [-0.2, 0) is 0 Å². The van der Waals surface area contributed by atoms with Crippen molar-refractivity contribution in [3.8, 4) is 0 Å². The van der Waals surface area contributed by atoms with Crippen LogP contribution in [0.1, 0.15) is 67.2 Å². The Bertz CT molecular complexity index is 964. The van der Waals surface area contributed by atoms with Gasteiger partial charge in [0.05, 0.1) is 28.8 Å². The number of nitrogens with zero attached hydrogens (tertiary/aromatic N) is 4. The second kappa shape index (κ2) is 10.9. The third-order valence-corrected chi connectivity index (χ3v) is 6.00. The highest BCUT2D eigenvalue weighted by Gasteiger charge is 2.28. The number of benzene rings is 1. The van der Waals surface area contributed by atoms with Crippen molar-refractivity contribution in [1.29, 1.82) is 0 Å². The fourth-order valence-electron chi connectivity index (χ4n) is 3.99. The Labute approximate surface area is 194 Å². The van der Waals surface area contributed by atoms with Crippen LogP contribution in [0, 0.1) is 12.8 Å². The molecule has 0 aliphatic carbocycles. The van der Waals surface area contributed by atoms with Crippen molar-refractivity contribution in [1.82, 2.24) is 35.6 Å². The van der Waals surface area contributed by atoms with Crippen molar-refractivity contribution in [3.63, 3.8) is 0 Å². The lowest BCUT2D eigenvalue weighted by Crippen LogP contribution is -2.34. The van der Waals surface area contributed by atoms with E-state index in [9.17, 15) is 4.79 Å². The molecule has 10 heteroatoms.